The molecule has 1 atom stereocenters. The summed E-state index contributed by atoms with van der Waals surface area (Å²) in [6.45, 7) is 0. The molecule has 5 heteroatoms. The molecule has 1 aliphatic carbocycles. The predicted octanol–water partition coefficient (Wildman–Crippen LogP) is 3.07. The first-order valence-electron chi connectivity index (χ1n) is 7.69. The van der Waals surface area contributed by atoms with Gasteiger partial charge in [0.25, 0.3) is 0 Å². The summed E-state index contributed by atoms with van der Waals surface area (Å²) in [6.07, 6.45) is 4.98. The lowest BCUT2D eigenvalue weighted by atomic mass is 9.96. The summed E-state index contributed by atoms with van der Waals surface area (Å²) in [5, 5.41) is 0. The second-order valence-electron chi connectivity index (χ2n) is 6.46. The van der Waals surface area contributed by atoms with E-state index in [1.54, 1.807) is 0 Å². The molecule has 21 heavy (non-hydrogen) atoms. The maximum Gasteiger partial charge on any atom is 0.198 e. The van der Waals surface area contributed by atoms with Crippen molar-refractivity contribution < 1.29 is 12.8 Å². The Hall–Kier alpha value is -1.36. The van der Waals surface area contributed by atoms with Crippen LogP contribution in [0.4, 0.5) is 0 Å². The zero-order valence-corrected chi connectivity index (χ0v) is 12.7. The van der Waals surface area contributed by atoms with E-state index in [1.807, 2.05) is 12.1 Å². The average Bonchev–Trinajstić information content (AvgIpc) is 3.18. The van der Waals surface area contributed by atoms with Crippen molar-refractivity contribution in [2.45, 2.75) is 38.0 Å². The molecule has 1 saturated carbocycles. The second kappa shape index (κ2) is 4.83. The Morgan fingerprint density at radius 3 is 2.86 bits per heavy atom. The molecule has 4 rings (SSSR count). The molecule has 1 saturated heterocycles. The van der Waals surface area contributed by atoms with Gasteiger partial charge in [-0.15, -0.1) is 0 Å². The maximum absolute atomic E-state index is 11.7. The average molecular weight is 305 g/mol. The van der Waals surface area contributed by atoms with Crippen LogP contribution in [-0.2, 0) is 16.3 Å². The standard InChI is InChI=1S/C16H19NO3S/c18-21(19)7-1-2-12(10-21)8-11-3-6-15-14(9-11)17-16(20-15)13-4-5-13/h3,6,9,12-13H,1-2,4-5,7-8,10H2/t12-/m0/s1. The Kier molecular flexibility index (Phi) is 3.06. The first kappa shape index (κ1) is 13.3. The number of fused-ring (bicyclic) bond motifs is 1. The van der Waals surface area contributed by atoms with Gasteiger partial charge in [-0.2, -0.15) is 0 Å². The second-order valence-corrected chi connectivity index (χ2v) is 8.68. The van der Waals surface area contributed by atoms with Crippen LogP contribution in [0.25, 0.3) is 11.1 Å². The van der Waals surface area contributed by atoms with Crippen LogP contribution in [0, 0.1) is 5.92 Å². The molecule has 0 bridgehead atoms. The number of oxazole rings is 1. The minimum atomic E-state index is -2.83. The van der Waals surface area contributed by atoms with Crippen LogP contribution in [0.5, 0.6) is 0 Å². The summed E-state index contributed by atoms with van der Waals surface area (Å²) in [6, 6.07) is 6.08. The van der Waals surface area contributed by atoms with E-state index in [0.29, 0.717) is 17.4 Å². The van der Waals surface area contributed by atoms with Crippen LogP contribution in [0.1, 0.15) is 43.1 Å². The molecule has 2 aromatic rings. The molecule has 2 aliphatic rings. The molecular weight excluding hydrogens is 286 g/mol. The van der Waals surface area contributed by atoms with Gasteiger partial charge in [-0.3, -0.25) is 0 Å². The number of hydrogen-bond donors (Lipinski definition) is 0. The number of rotatable bonds is 3. The third kappa shape index (κ3) is 2.84. The van der Waals surface area contributed by atoms with Crippen LogP contribution >= 0.6 is 0 Å². The summed E-state index contributed by atoms with van der Waals surface area (Å²) < 4.78 is 29.2. The van der Waals surface area contributed by atoms with E-state index < -0.39 is 9.84 Å². The van der Waals surface area contributed by atoms with Gasteiger partial charge in [0, 0.05) is 5.92 Å². The molecular formula is C16H19NO3S. The highest BCUT2D eigenvalue weighted by Gasteiger charge is 2.29. The Labute approximate surface area is 124 Å². The molecule has 0 amide bonds. The minimum Gasteiger partial charge on any atom is -0.440 e. The van der Waals surface area contributed by atoms with Gasteiger partial charge in [-0.05, 0) is 55.7 Å². The van der Waals surface area contributed by atoms with E-state index in [1.165, 1.54) is 18.4 Å². The third-order valence-corrected chi connectivity index (χ3v) is 6.37. The number of hydrogen-bond acceptors (Lipinski definition) is 4. The summed E-state index contributed by atoms with van der Waals surface area (Å²) in [7, 11) is -2.83. The Balaban J connectivity index is 1.55. The number of nitrogens with zero attached hydrogens (tertiary/aromatic N) is 1. The maximum atomic E-state index is 11.7. The monoisotopic (exact) mass is 305 g/mol. The Bertz CT molecular complexity index is 774. The SMILES string of the molecule is O=S1(=O)CCC[C@@H](Cc2ccc3oc(C4CC4)nc3c2)C1. The molecule has 0 unspecified atom stereocenters. The largest absolute Gasteiger partial charge is 0.440 e. The fourth-order valence-corrected chi connectivity index (χ4v) is 5.01. The van der Waals surface area contributed by atoms with Gasteiger partial charge in [0.15, 0.2) is 21.3 Å². The first-order valence-corrected chi connectivity index (χ1v) is 9.51. The molecule has 1 aromatic heterocycles. The van der Waals surface area contributed by atoms with Gasteiger partial charge in [0.05, 0.1) is 11.5 Å². The van der Waals surface area contributed by atoms with Crippen molar-refractivity contribution in [1.29, 1.82) is 0 Å². The quantitative estimate of drug-likeness (QED) is 0.874. The molecule has 112 valence electrons. The summed E-state index contributed by atoms with van der Waals surface area (Å²) in [5.41, 5.74) is 2.92. The van der Waals surface area contributed by atoms with Crippen LogP contribution < -0.4 is 0 Å². The molecule has 2 heterocycles. The lowest BCUT2D eigenvalue weighted by molar-refractivity contribution is 0.484. The predicted molar refractivity (Wildman–Crippen MR) is 81.1 cm³/mol. The highest BCUT2D eigenvalue weighted by Crippen LogP contribution is 2.40. The first-order chi connectivity index (χ1) is 10.1. The van der Waals surface area contributed by atoms with E-state index >= 15 is 0 Å². The van der Waals surface area contributed by atoms with Gasteiger partial charge >= 0.3 is 0 Å². The molecule has 2 fully saturated rings. The fourth-order valence-electron chi connectivity index (χ4n) is 3.23. The van der Waals surface area contributed by atoms with Crippen molar-refractivity contribution in [3.05, 3.63) is 29.7 Å². The van der Waals surface area contributed by atoms with Gasteiger partial charge in [0.1, 0.15) is 5.52 Å². The van der Waals surface area contributed by atoms with Gasteiger partial charge in [0.2, 0.25) is 0 Å². The lowest BCUT2D eigenvalue weighted by Crippen LogP contribution is -2.26. The molecule has 1 aliphatic heterocycles. The zero-order valence-electron chi connectivity index (χ0n) is 11.9. The van der Waals surface area contributed by atoms with Gasteiger partial charge in [-0.25, -0.2) is 13.4 Å². The van der Waals surface area contributed by atoms with Crippen molar-refractivity contribution in [3.63, 3.8) is 0 Å². The van der Waals surface area contributed by atoms with E-state index in [4.69, 9.17) is 4.42 Å². The minimum absolute atomic E-state index is 0.246. The third-order valence-electron chi connectivity index (χ3n) is 4.48. The van der Waals surface area contributed by atoms with Crippen LogP contribution in [0.3, 0.4) is 0 Å². The number of sulfone groups is 1. The Morgan fingerprint density at radius 2 is 2.10 bits per heavy atom. The van der Waals surface area contributed by atoms with Crippen molar-refractivity contribution >= 4 is 20.9 Å². The Morgan fingerprint density at radius 1 is 1.24 bits per heavy atom. The highest BCUT2D eigenvalue weighted by molar-refractivity contribution is 7.91. The van der Waals surface area contributed by atoms with E-state index in [-0.39, 0.29) is 5.92 Å². The molecule has 0 radical (unpaired) electrons. The molecule has 4 nitrogen and oxygen atoms in total. The van der Waals surface area contributed by atoms with Crippen molar-refractivity contribution in [3.8, 4) is 0 Å². The molecule has 1 aromatic carbocycles. The van der Waals surface area contributed by atoms with Gasteiger partial charge < -0.3 is 4.42 Å². The molecule has 0 spiro atoms. The van der Waals surface area contributed by atoms with Crippen molar-refractivity contribution in [2.24, 2.45) is 5.92 Å². The normalized spacial score (nSPS) is 25.2. The lowest BCUT2D eigenvalue weighted by Gasteiger charge is -2.21. The van der Waals surface area contributed by atoms with Crippen molar-refractivity contribution in [1.82, 2.24) is 4.98 Å². The van der Waals surface area contributed by atoms with E-state index in [2.05, 4.69) is 11.1 Å². The highest BCUT2D eigenvalue weighted by atomic mass is 32.2. The van der Waals surface area contributed by atoms with Crippen LogP contribution in [-0.4, -0.2) is 24.9 Å². The summed E-state index contributed by atoms with van der Waals surface area (Å²) >= 11 is 0. The van der Waals surface area contributed by atoms with Crippen LogP contribution in [0.2, 0.25) is 0 Å². The zero-order chi connectivity index (χ0) is 14.4. The van der Waals surface area contributed by atoms with E-state index in [9.17, 15) is 8.42 Å². The fraction of sp³-hybridized carbons (Fsp3) is 0.562. The topological polar surface area (TPSA) is 60.2 Å². The molecule has 0 N–H and O–H groups in total. The smallest absolute Gasteiger partial charge is 0.198 e. The summed E-state index contributed by atoms with van der Waals surface area (Å²) in [5.74, 6) is 2.32. The van der Waals surface area contributed by atoms with Crippen molar-refractivity contribution in [2.75, 3.05) is 11.5 Å². The number of benzene rings is 1. The summed E-state index contributed by atoms with van der Waals surface area (Å²) in [4.78, 5) is 4.57. The number of aromatic nitrogens is 1. The van der Waals surface area contributed by atoms with E-state index in [0.717, 1.165) is 36.3 Å². The van der Waals surface area contributed by atoms with Gasteiger partial charge in [-0.1, -0.05) is 6.07 Å². The van der Waals surface area contributed by atoms with Crippen LogP contribution in [0.15, 0.2) is 22.6 Å².